The lowest BCUT2D eigenvalue weighted by atomic mass is 9.81. The van der Waals surface area contributed by atoms with E-state index in [-0.39, 0.29) is 10.6 Å². The minimum Gasteiger partial charge on any atom is -0.318 e. The lowest BCUT2D eigenvalue weighted by Gasteiger charge is -2.22. The Balaban J connectivity index is 1.86. The fourth-order valence-electron chi connectivity index (χ4n) is 3.96. The number of hydrogen-bond donors (Lipinski definition) is 0. The first-order chi connectivity index (χ1) is 14.3. The molecule has 6 nitrogen and oxygen atoms in total. The van der Waals surface area contributed by atoms with Crippen LogP contribution in [0.15, 0.2) is 71.9 Å². The predicted molar refractivity (Wildman–Crippen MR) is 115 cm³/mol. The molecule has 0 fully saturated rings. The van der Waals surface area contributed by atoms with Gasteiger partial charge in [-0.25, -0.2) is 4.79 Å². The molecule has 0 heterocycles. The molecule has 0 bridgehead atoms. The first-order valence-electron chi connectivity index (χ1n) is 9.54. The highest BCUT2D eigenvalue weighted by Crippen LogP contribution is 2.49. The molecular weight excluding hydrogens is 380 g/mol. The van der Waals surface area contributed by atoms with E-state index in [1.165, 1.54) is 13.0 Å². The molecule has 6 heteroatoms. The van der Waals surface area contributed by atoms with Crippen molar-refractivity contribution in [2.24, 2.45) is 5.16 Å². The predicted octanol–water partition coefficient (Wildman–Crippen LogP) is 5.22. The van der Waals surface area contributed by atoms with E-state index in [1.807, 2.05) is 54.6 Å². The smallest absolute Gasteiger partial charge is 0.318 e. The average molecular weight is 400 g/mol. The SMILES string of the molecule is CC(=O)O/N=C(\c1ccccc1)c1ccc2c(c1)C(C)(C)c1cc([N+](=O)[O-])ccc1-2. The molecule has 0 atom stereocenters. The maximum atomic E-state index is 11.4. The van der Waals surface area contributed by atoms with Gasteiger partial charge in [0.25, 0.3) is 5.69 Å². The summed E-state index contributed by atoms with van der Waals surface area (Å²) in [6.45, 7) is 5.41. The van der Waals surface area contributed by atoms with Gasteiger partial charge >= 0.3 is 5.97 Å². The molecule has 1 aliphatic rings. The number of nitro groups is 1. The third-order valence-corrected chi connectivity index (χ3v) is 5.46. The van der Waals surface area contributed by atoms with Crippen molar-refractivity contribution in [2.75, 3.05) is 0 Å². The fraction of sp³-hybridized carbons (Fsp3) is 0.167. The standard InChI is InChI=1S/C24H20N2O4/c1-15(27)30-25-23(16-7-5-4-6-8-16)17-9-11-19-20-12-10-18(26(28)29)14-22(20)24(2,3)21(19)13-17/h4-14H,1-3H3/b25-23+. The first kappa shape index (κ1) is 19.5. The molecular formula is C24H20N2O4. The summed E-state index contributed by atoms with van der Waals surface area (Å²) in [5.41, 5.74) is 5.82. The van der Waals surface area contributed by atoms with E-state index in [0.717, 1.165) is 33.4 Å². The Hall–Kier alpha value is -3.80. The molecule has 4 rings (SSSR count). The van der Waals surface area contributed by atoms with Gasteiger partial charge in [0.2, 0.25) is 0 Å². The highest BCUT2D eigenvalue weighted by molar-refractivity contribution is 6.13. The van der Waals surface area contributed by atoms with Crippen LogP contribution in [0.3, 0.4) is 0 Å². The normalized spacial score (nSPS) is 14.0. The van der Waals surface area contributed by atoms with Gasteiger partial charge in [0.05, 0.1) is 4.92 Å². The molecule has 150 valence electrons. The fourth-order valence-corrected chi connectivity index (χ4v) is 3.96. The van der Waals surface area contributed by atoms with Crippen molar-refractivity contribution in [3.8, 4) is 11.1 Å². The van der Waals surface area contributed by atoms with Crippen molar-refractivity contribution in [2.45, 2.75) is 26.2 Å². The van der Waals surface area contributed by atoms with Crippen LogP contribution in [0.2, 0.25) is 0 Å². The summed E-state index contributed by atoms with van der Waals surface area (Å²) in [5.74, 6) is -0.496. The number of nitro benzene ring substituents is 1. The van der Waals surface area contributed by atoms with Crippen molar-refractivity contribution >= 4 is 17.4 Å². The molecule has 0 N–H and O–H groups in total. The Kier molecular flexibility index (Phi) is 4.70. The summed E-state index contributed by atoms with van der Waals surface area (Å²) in [5, 5.41) is 15.4. The van der Waals surface area contributed by atoms with Crippen LogP contribution in [0.5, 0.6) is 0 Å². The molecule has 0 aliphatic heterocycles. The third kappa shape index (κ3) is 3.26. The first-order valence-corrected chi connectivity index (χ1v) is 9.54. The molecule has 30 heavy (non-hydrogen) atoms. The number of benzene rings is 3. The number of oxime groups is 1. The summed E-state index contributed by atoms with van der Waals surface area (Å²) in [7, 11) is 0. The highest BCUT2D eigenvalue weighted by atomic mass is 16.7. The van der Waals surface area contributed by atoms with Gasteiger partial charge in [-0.3, -0.25) is 10.1 Å². The Bertz CT molecular complexity index is 1200. The molecule has 0 amide bonds. The second-order valence-corrected chi connectivity index (χ2v) is 7.76. The van der Waals surface area contributed by atoms with Gasteiger partial charge in [0, 0.05) is 35.6 Å². The van der Waals surface area contributed by atoms with Gasteiger partial charge < -0.3 is 4.84 Å². The van der Waals surface area contributed by atoms with E-state index in [2.05, 4.69) is 19.0 Å². The van der Waals surface area contributed by atoms with Crippen molar-refractivity contribution in [1.82, 2.24) is 0 Å². The Morgan fingerprint density at radius 2 is 1.57 bits per heavy atom. The van der Waals surface area contributed by atoms with Crippen molar-refractivity contribution < 1.29 is 14.6 Å². The summed E-state index contributed by atoms with van der Waals surface area (Å²) >= 11 is 0. The van der Waals surface area contributed by atoms with Gasteiger partial charge in [0.1, 0.15) is 5.71 Å². The second kappa shape index (κ2) is 7.22. The lowest BCUT2D eigenvalue weighted by Crippen LogP contribution is -2.16. The maximum absolute atomic E-state index is 11.4. The third-order valence-electron chi connectivity index (χ3n) is 5.46. The minimum atomic E-state index is -0.496. The van der Waals surface area contributed by atoms with Crippen molar-refractivity contribution in [3.63, 3.8) is 0 Å². The lowest BCUT2D eigenvalue weighted by molar-refractivity contribution is -0.384. The topological polar surface area (TPSA) is 81.8 Å². The van der Waals surface area contributed by atoms with Crippen molar-refractivity contribution in [3.05, 3.63) is 99.1 Å². The molecule has 3 aromatic rings. The molecule has 3 aromatic carbocycles. The van der Waals surface area contributed by atoms with E-state index in [0.29, 0.717) is 5.71 Å². The number of carbonyl (C=O) groups excluding carboxylic acids is 1. The van der Waals surface area contributed by atoms with Crippen molar-refractivity contribution in [1.29, 1.82) is 0 Å². The largest absolute Gasteiger partial charge is 0.332 e. The minimum absolute atomic E-state index is 0.0799. The quantitative estimate of drug-likeness (QED) is 0.260. The zero-order valence-electron chi connectivity index (χ0n) is 16.9. The Morgan fingerprint density at radius 1 is 0.933 bits per heavy atom. The Morgan fingerprint density at radius 3 is 2.20 bits per heavy atom. The summed E-state index contributed by atoms with van der Waals surface area (Å²) in [6.07, 6.45) is 0. The molecule has 0 unspecified atom stereocenters. The molecule has 0 saturated heterocycles. The number of fused-ring (bicyclic) bond motifs is 3. The monoisotopic (exact) mass is 400 g/mol. The zero-order chi connectivity index (χ0) is 21.5. The molecule has 0 radical (unpaired) electrons. The average Bonchev–Trinajstić information content (AvgIpc) is 2.95. The van der Waals surface area contributed by atoms with Crippen LogP contribution < -0.4 is 0 Å². The molecule has 0 spiro atoms. The van der Waals surface area contributed by atoms with Gasteiger partial charge in [-0.1, -0.05) is 61.5 Å². The van der Waals surface area contributed by atoms with Gasteiger partial charge in [-0.05, 0) is 34.4 Å². The molecule has 0 saturated carbocycles. The number of rotatable bonds is 4. The van der Waals surface area contributed by atoms with E-state index < -0.39 is 11.4 Å². The molecule has 0 aromatic heterocycles. The van der Waals surface area contributed by atoms with E-state index in [4.69, 9.17) is 4.84 Å². The summed E-state index contributed by atoms with van der Waals surface area (Å²) in [6, 6.07) is 20.4. The maximum Gasteiger partial charge on any atom is 0.332 e. The number of hydrogen-bond acceptors (Lipinski definition) is 5. The van der Waals surface area contributed by atoms with Gasteiger partial charge in [0.15, 0.2) is 0 Å². The Labute approximate surface area is 174 Å². The van der Waals surface area contributed by atoms with Crippen LogP contribution in [0.25, 0.3) is 11.1 Å². The van der Waals surface area contributed by atoms with Gasteiger partial charge in [-0.2, -0.15) is 0 Å². The summed E-state index contributed by atoms with van der Waals surface area (Å²) < 4.78 is 0. The summed E-state index contributed by atoms with van der Waals surface area (Å²) in [4.78, 5) is 27.2. The second-order valence-electron chi connectivity index (χ2n) is 7.76. The van der Waals surface area contributed by atoms with E-state index in [1.54, 1.807) is 6.07 Å². The number of nitrogens with zero attached hydrogens (tertiary/aromatic N) is 2. The van der Waals surface area contributed by atoms with E-state index in [9.17, 15) is 14.9 Å². The van der Waals surface area contributed by atoms with Crippen LogP contribution in [0.1, 0.15) is 43.0 Å². The van der Waals surface area contributed by atoms with E-state index >= 15 is 0 Å². The zero-order valence-corrected chi connectivity index (χ0v) is 16.9. The molecule has 1 aliphatic carbocycles. The highest BCUT2D eigenvalue weighted by Gasteiger charge is 2.37. The van der Waals surface area contributed by atoms with Crippen LogP contribution in [0.4, 0.5) is 5.69 Å². The van der Waals surface area contributed by atoms with Crippen LogP contribution in [-0.4, -0.2) is 16.6 Å². The number of carbonyl (C=O) groups is 1. The number of non-ortho nitro benzene ring substituents is 1. The van der Waals surface area contributed by atoms with Crippen LogP contribution in [-0.2, 0) is 15.0 Å². The van der Waals surface area contributed by atoms with Crippen LogP contribution >= 0.6 is 0 Å². The van der Waals surface area contributed by atoms with Gasteiger partial charge in [-0.15, -0.1) is 0 Å². The van der Waals surface area contributed by atoms with Crippen LogP contribution in [0, 0.1) is 10.1 Å².